The Morgan fingerprint density at radius 2 is 1.69 bits per heavy atom. The molecule has 136 valence electrons. The molecule has 0 aliphatic heterocycles. The number of nitrogens with zero attached hydrogens (tertiary/aromatic N) is 1. The van der Waals surface area contributed by atoms with E-state index in [2.05, 4.69) is 26.0 Å². The van der Waals surface area contributed by atoms with E-state index in [1.807, 2.05) is 41.3 Å². The molecule has 0 fully saturated rings. The third-order valence-electron chi connectivity index (χ3n) is 4.25. The zero-order valence-corrected chi connectivity index (χ0v) is 15.4. The van der Waals surface area contributed by atoms with Gasteiger partial charge in [0.1, 0.15) is 18.1 Å². The molecule has 0 saturated carbocycles. The Kier molecular flexibility index (Phi) is 5.95. The van der Waals surface area contributed by atoms with Crippen LogP contribution in [0, 0.1) is 0 Å². The first-order valence-electron chi connectivity index (χ1n) is 9.21. The summed E-state index contributed by atoms with van der Waals surface area (Å²) in [6.07, 6.45) is 1.87. The van der Waals surface area contributed by atoms with E-state index in [1.165, 1.54) is 5.39 Å². The lowest BCUT2D eigenvalue weighted by Gasteiger charge is -2.19. The molecule has 4 nitrogen and oxygen atoms in total. The van der Waals surface area contributed by atoms with Crippen molar-refractivity contribution < 1.29 is 13.9 Å². The minimum atomic E-state index is -0.0503. The number of ether oxygens (including phenoxy) is 1. The summed E-state index contributed by atoms with van der Waals surface area (Å²) < 4.78 is 11.5. The van der Waals surface area contributed by atoms with E-state index in [0.29, 0.717) is 18.1 Å². The standard InChI is InChI=1S/C22H25NO3/c1-3-13-23(14-4-2)22(24)21-12-11-20(26-21)16-25-19-10-9-17-7-5-6-8-18(17)15-19/h5-12,15H,3-4,13-14,16H2,1-2H3. The van der Waals surface area contributed by atoms with Gasteiger partial charge in [0, 0.05) is 13.1 Å². The molecular weight excluding hydrogens is 326 g/mol. The van der Waals surface area contributed by atoms with Gasteiger partial charge in [-0.3, -0.25) is 4.79 Å². The van der Waals surface area contributed by atoms with Gasteiger partial charge in [0.05, 0.1) is 0 Å². The molecule has 1 amide bonds. The lowest BCUT2D eigenvalue weighted by atomic mass is 10.1. The van der Waals surface area contributed by atoms with Crippen molar-refractivity contribution >= 4 is 16.7 Å². The molecule has 2 aromatic carbocycles. The van der Waals surface area contributed by atoms with E-state index < -0.39 is 0 Å². The molecule has 0 spiro atoms. The summed E-state index contributed by atoms with van der Waals surface area (Å²) in [7, 11) is 0. The molecule has 0 aliphatic carbocycles. The Morgan fingerprint density at radius 3 is 2.42 bits per heavy atom. The van der Waals surface area contributed by atoms with Gasteiger partial charge in [0.25, 0.3) is 5.91 Å². The molecule has 3 rings (SSSR count). The Morgan fingerprint density at radius 1 is 0.962 bits per heavy atom. The summed E-state index contributed by atoms with van der Waals surface area (Å²) in [5.41, 5.74) is 0. The second-order valence-electron chi connectivity index (χ2n) is 6.36. The van der Waals surface area contributed by atoms with Gasteiger partial charge < -0.3 is 14.1 Å². The fourth-order valence-corrected chi connectivity index (χ4v) is 2.99. The number of rotatable bonds is 8. The molecule has 0 N–H and O–H groups in total. The van der Waals surface area contributed by atoms with Crippen LogP contribution in [0.5, 0.6) is 5.75 Å². The third kappa shape index (κ3) is 4.26. The number of hydrogen-bond donors (Lipinski definition) is 0. The van der Waals surface area contributed by atoms with Crippen molar-refractivity contribution in [2.75, 3.05) is 13.1 Å². The van der Waals surface area contributed by atoms with Crippen molar-refractivity contribution in [1.82, 2.24) is 4.90 Å². The first-order chi connectivity index (χ1) is 12.7. The van der Waals surface area contributed by atoms with Crippen LogP contribution in [0.2, 0.25) is 0 Å². The number of benzene rings is 2. The summed E-state index contributed by atoms with van der Waals surface area (Å²) in [5.74, 6) is 1.76. The highest BCUT2D eigenvalue weighted by Gasteiger charge is 2.18. The molecule has 4 heteroatoms. The first kappa shape index (κ1) is 18.1. The van der Waals surface area contributed by atoms with Crippen LogP contribution in [0.25, 0.3) is 10.8 Å². The summed E-state index contributed by atoms with van der Waals surface area (Å²) in [6.45, 7) is 5.93. The molecular formula is C22H25NO3. The molecule has 1 heterocycles. The normalized spacial score (nSPS) is 10.8. The van der Waals surface area contributed by atoms with Crippen LogP contribution in [-0.4, -0.2) is 23.9 Å². The Hall–Kier alpha value is -2.75. The highest BCUT2D eigenvalue weighted by molar-refractivity contribution is 5.91. The molecule has 0 bridgehead atoms. The van der Waals surface area contributed by atoms with E-state index in [1.54, 1.807) is 6.07 Å². The Labute approximate surface area is 154 Å². The van der Waals surface area contributed by atoms with Crippen molar-refractivity contribution in [3.63, 3.8) is 0 Å². The second kappa shape index (κ2) is 8.56. The van der Waals surface area contributed by atoms with Crippen LogP contribution in [-0.2, 0) is 6.61 Å². The van der Waals surface area contributed by atoms with Gasteiger partial charge >= 0.3 is 0 Å². The molecule has 0 atom stereocenters. The highest BCUT2D eigenvalue weighted by atomic mass is 16.5. The van der Waals surface area contributed by atoms with Crippen LogP contribution >= 0.6 is 0 Å². The molecule has 0 unspecified atom stereocenters. The minimum absolute atomic E-state index is 0.0503. The molecule has 0 saturated heterocycles. The number of amides is 1. The monoisotopic (exact) mass is 351 g/mol. The van der Waals surface area contributed by atoms with Gasteiger partial charge in [-0.2, -0.15) is 0 Å². The summed E-state index contributed by atoms with van der Waals surface area (Å²) in [4.78, 5) is 14.4. The number of carbonyl (C=O) groups is 1. The zero-order chi connectivity index (χ0) is 18.4. The SMILES string of the molecule is CCCN(CCC)C(=O)c1ccc(COc2ccc3ccccc3c2)o1. The highest BCUT2D eigenvalue weighted by Crippen LogP contribution is 2.22. The van der Waals surface area contributed by atoms with Gasteiger partial charge in [0.15, 0.2) is 5.76 Å². The quantitative estimate of drug-likeness (QED) is 0.555. The Balaban J connectivity index is 1.64. The maximum atomic E-state index is 12.6. The van der Waals surface area contributed by atoms with Gasteiger partial charge in [-0.25, -0.2) is 0 Å². The van der Waals surface area contributed by atoms with Crippen molar-refractivity contribution in [2.45, 2.75) is 33.3 Å². The molecule has 0 radical (unpaired) electrons. The summed E-state index contributed by atoms with van der Waals surface area (Å²) in [6, 6.07) is 17.7. The van der Waals surface area contributed by atoms with E-state index in [4.69, 9.17) is 9.15 Å². The number of carbonyl (C=O) groups excluding carboxylic acids is 1. The van der Waals surface area contributed by atoms with Gasteiger partial charge in [0.2, 0.25) is 0 Å². The number of hydrogen-bond acceptors (Lipinski definition) is 3. The van der Waals surface area contributed by atoms with Crippen LogP contribution in [0.1, 0.15) is 43.0 Å². The first-order valence-corrected chi connectivity index (χ1v) is 9.21. The summed E-state index contributed by atoms with van der Waals surface area (Å²) >= 11 is 0. The predicted molar refractivity (Wildman–Crippen MR) is 103 cm³/mol. The molecule has 0 aliphatic rings. The smallest absolute Gasteiger partial charge is 0.289 e. The number of furan rings is 1. The second-order valence-corrected chi connectivity index (χ2v) is 6.36. The zero-order valence-electron chi connectivity index (χ0n) is 15.4. The van der Waals surface area contributed by atoms with Crippen LogP contribution in [0.4, 0.5) is 0 Å². The lowest BCUT2D eigenvalue weighted by Crippen LogP contribution is -2.32. The fourth-order valence-electron chi connectivity index (χ4n) is 2.99. The van der Waals surface area contributed by atoms with E-state index in [-0.39, 0.29) is 5.91 Å². The van der Waals surface area contributed by atoms with Gasteiger partial charge in [-0.15, -0.1) is 0 Å². The van der Waals surface area contributed by atoms with Gasteiger partial charge in [-0.05, 0) is 47.9 Å². The van der Waals surface area contributed by atoms with Crippen molar-refractivity contribution in [2.24, 2.45) is 0 Å². The van der Waals surface area contributed by atoms with Crippen LogP contribution < -0.4 is 4.74 Å². The average molecular weight is 351 g/mol. The topological polar surface area (TPSA) is 42.7 Å². The van der Waals surface area contributed by atoms with Crippen molar-refractivity contribution in [1.29, 1.82) is 0 Å². The molecule has 1 aromatic heterocycles. The largest absolute Gasteiger partial charge is 0.486 e. The van der Waals surface area contributed by atoms with Crippen molar-refractivity contribution in [3.05, 3.63) is 66.1 Å². The van der Waals surface area contributed by atoms with Gasteiger partial charge in [-0.1, -0.05) is 44.2 Å². The summed E-state index contributed by atoms with van der Waals surface area (Å²) in [5, 5.41) is 2.31. The average Bonchev–Trinajstić information content (AvgIpc) is 3.14. The number of fused-ring (bicyclic) bond motifs is 1. The minimum Gasteiger partial charge on any atom is -0.486 e. The van der Waals surface area contributed by atoms with E-state index in [0.717, 1.165) is 37.1 Å². The van der Waals surface area contributed by atoms with E-state index >= 15 is 0 Å². The van der Waals surface area contributed by atoms with Crippen LogP contribution in [0.3, 0.4) is 0 Å². The van der Waals surface area contributed by atoms with Crippen LogP contribution in [0.15, 0.2) is 59.0 Å². The predicted octanol–water partition coefficient (Wildman–Crippen LogP) is 5.27. The van der Waals surface area contributed by atoms with E-state index in [9.17, 15) is 4.79 Å². The maximum Gasteiger partial charge on any atom is 0.289 e. The lowest BCUT2D eigenvalue weighted by molar-refractivity contribution is 0.0719. The molecule has 26 heavy (non-hydrogen) atoms. The molecule has 3 aromatic rings. The third-order valence-corrected chi connectivity index (χ3v) is 4.25. The fraction of sp³-hybridized carbons (Fsp3) is 0.318. The maximum absolute atomic E-state index is 12.6. The Bertz CT molecular complexity index is 862. The van der Waals surface area contributed by atoms with Crippen molar-refractivity contribution in [3.8, 4) is 5.75 Å².